The highest BCUT2D eigenvalue weighted by Gasteiger charge is 2.10. The van der Waals surface area contributed by atoms with E-state index >= 15 is 0 Å². The molecular formula is C27H25ClN4O2S. The average Bonchev–Trinajstić information content (AvgIpc) is 3.52. The van der Waals surface area contributed by atoms with Gasteiger partial charge in [-0.2, -0.15) is 0 Å². The van der Waals surface area contributed by atoms with Crippen LogP contribution in [0.4, 0.5) is 5.69 Å². The number of aromatic amines is 1. The van der Waals surface area contributed by atoms with Crippen molar-refractivity contribution in [2.75, 3.05) is 13.2 Å². The minimum atomic E-state index is -0.0525. The van der Waals surface area contributed by atoms with Gasteiger partial charge in [0.1, 0.15) is 18.2 Å². The van der Waals surface area contributed by atoms with E-state index in [1.165, 1.54) is 0 Å². The van der Waals surface area contributed by atoms with Crippen molar-refractivity contribution in [3.8, 4) is 5.75 Å². The monoisotopic (exact) mass is 504 g/mol. The molecule has 5 rings (SSSR count). The fourth-order valence-corrected chi connectivity index (χ4v) is 4.52. The third-order valence-electron chi connectivity index (χ3n) is 5.50. The molecule has 4 N–H and O–H groups in total. The number of hydrogen-bond acceptors (Lipinski definition) is 4. The van der Waals surface area contributed by atoms with Crippen LogP contribution in [-0.4, -0.2) is 29.9 Å². The van der Waals surface area contributed by atoms with Crippen molar-refractivity contribution in [1.29, 1.82) is 0 Å². The molecule has 0 aliphatic heterocycles. The Morgan fingerprint density at radius 2 is 1.77 bits per heavy atom. The third-order valence-corrected chi connectivity index (χ3v) is 6.39. The predicted molar refractivity (Wildman–Crippen MR) is 146 cm³/mol. The number of halogens is 1. The number of H-pyrrole nitrogens is 1. The summed E-state index contributed by atoms with van der Waals surface area (Å²) in [6.07, 6.45) is 0.294. The van der Waals surface area contributed by atoms with Gasteiger partial charge in [-0.05, 0) is 47.3 Å². The largest absolute Gasteiger partial charge is 0.491 e. The molecule has 0 bridgehead atoms. The first kappa shape index (κ1) is 24.3. The predicted octanol–water partition coefficient (Wildman–Crippen LogP) is 5.58. The number of carbonyl (C=O) groups is 1. The second kappa shape index (κ2) is 11.1. The van der Waals surface area contributed by atoms with Crippen molar-refractivity contribution in [2.45, 2.75) is 6.42 Å². The minimum absolute atomic E-state index is 0. The van der Waals surface area contributed by atoms with Crippen LogP contribution in [-0.2, 0) is 11.2 Å². The van der Waals surface area contributed by atoms with Crippen LogP contribution in [0.25, 0.3) is 21.8 Å². The molecule has 0 aliphatic carbocycles. The number of nitrogens with zero attached hydrogens (tertiary/aromatic N) is 1. The van der Waals surface area contributed by atoms with E-state index in [2.05, 4.69) is 27.4 Å². The number of aromatic nitrogens is 1. The summed E-state index contributed by atoms with van der Waals surface area (Å²) in [6.45, 7) is 0.817. The lowest BCUT2D eigenvalue weighted by atomic mass is 10.1. The molecule has 0 fully saturated rings. The Labute approximate surface area is 213 Å². The first-order valence-corrected chi connectivity index (χ1v) is 11.9. The summed E-state index contributed by atoms with van der Waals surface area (Å²) < 4.78 is 6.01. The molecule has 2 heterocycles. The van der Waals surface area contributed by atoms with Crippen molar-refractivity contribution in [1.82, 2.24) is 10.3 Å². The number of rotatable bonds is 8. The molecule has 6 nitrogen and oxygen atoms in total. The van der Waals surface area contributed by atoms with Crippen LogP contribution in [0.3, 0.4) is 0 Å². The van der Waals surface area contributed by atoms with Gasteiger partial charge in [0.2, 0.25) is 5.91 Å². The van der Waals surface area contributed by atoms with Crippen LogP contribution >= 0.6 is 23.7 Å². The number of ether oxygens (including phenoxy) is 1. The zero-order chi connectivity index (χ0) is 23.3. The topological polar surface area (TPSA) is 92.5 Å². The Balaban J connectivity index is 0.00000289. The third kappa shape index (κ3) is 5.65. The van der Waals surface area contributed by atoms with E-state index in [0.717, 1.165) is 43.7 Å². The number of amides is 1. The van der Waals surface area contributed by atoms with Crippen molar-refractivity contribution >= 4 is 63.0 Å². The summed E-state index contributed by atoms with van der Waals surface area (Å²) in [6, 6.07) is 25.5. The maximum atomic E-state index is 12.4. The lowest BCUT2D eigenvalue weighted by Crippen LogP contribution is -2.29. The smallest absolute Gasteiger partial charge is 0.224 e. The highest BCUT2D eigenvalue weighted by atomic mass is 35.5. The Bertz CT molecular complexity index is 1460. The summed E-state index contributed by atoms with van der Waals surface area (Å²) in [5, 5.41) is 7.08. The van der Waals surface area contributed by atoms with Gasteiger partial charge in [0.15, 0.2) is 0 Å². The van der Waals surface area contributed by atoms with E-state index < -0.39 is 0 Å². The van der Waals surface area contributed by atoms with E-state index in [-0.39, 0.29) is 18.3 Å². The van der Waals surface area contributed by atoms with Crippen LogP contribution < -0.4 is 15.8 Å². The van der Waals surface area contributed by atoms with Crippen molar-refractivity contribution in [3.63, 3.8) is 0 Å². The van der Waals surface area contributed by atoms with Gasteiger partial charge in [0, 0.05) is 16.3 Å². The van der Waals surface area contributed by atoms with Crippen molar-refractivity contribution in [3.05, 3.63) is 94.7 Å². The van der Waals surface area contributed by atoms with Crippen LogP contribution in [0.5, 0.6) is 5.75 Å². The summed E-state index contributed by atoms with van der Waals surface area (Å²) in [5.74, 6) is 1.24. The number of amidine groups is 1. The first-order valence-electron chi connectivity index (χ1n) is 11.0. The van der Waals surface area contributed by atoms with Crippen LogP contribution in [0.2, 0.25) is 0 Å². The van der Waals surface area contributed by atoms with Crippen LogP contribution in [0.1, 0.15) is 10.4 Å². The lowest BCUT2D eigenvalue weighted by molar-refractivity contribution is -0.120. The summed E-state index contributed by atoms with van der Waals surface area (Å²) >= 11 is 1.55. The number of para-hydroxylation sites is 1. The zero-order valence-electron chi connectivity index (χ0n) is 18.9. The zero-order valence-corrected chi connectivity index (χ0v) is 20.5. The molecule has 0 aliphatic rings. The van der Waals surface area contributed by atoms with E-state index in [4.69, 9.17) is 10.5 Å². The van der Waals surface area contributed by atoms with E-state index in [1.807, 2.05) is 72.1 Å². The SMILES string of the molecule is Cl.NC(=Nc1ccc(CC(=O)NCCOc2cccc3[nH]c4ccccc4c23)cc1)c1cccs1. The van der Waals surface area contributed by atoms with Gasteiger partial charge in [0.25, 0.3) is 0 Å². The first-order chi connectivity index (χ1) is 16.7. The minimum Gasteiger partial charge on any atom is -0.491 e. The molecule has 0 radical (unpaired) electrons. The molecule has 0 saturated carbocycles. The number of benzene rings is 3. The summed E-state index contributed by atoms with van der Waals surface area (Å²) in [5.41, 5.74) is 9.82. The summed E-state index contributed by atoms with van der Waals surface area (Å²) in [7, 11) is 0. The molecule has 0 atom stereocenters. The number of nitrogens with one attached hydrogen (secondary N) is 2. The van der Waals surface area contributed by atoms with Gasteiger partial charge < -0.3 is 20.8 Å². The molecule has 3 aromatic carbocycles. The highest BCUT2D eigenvalue weighted by Crippen LogP contribution is 2.32. The number of hydrogen-bond donors (Lipinski definition) is 3. The number of fused-ring (bicyclic) bond motifs is 3. The van der Waals surface area contributed by atoms with Gasteiger partial charge in [-0.15, -0.1) is 23.7 Å². The standard InChI is InChI=1S/C27H24N4O2S.ClH/c28-27(24-9-4-16-34-24)30-19-12-10-18(11-13-19)17-25(32)29-14-15-33-23-8-3-7-22-26(23)20-5-1-2-6-21(20)31-22;/h1-13,16,31H,14-15,17H2,(H2,28,30)(H,29,32);1H. The molecule has 35 heavy (non-hydrogen) atoms. The van der Waals surface area contributed by atoms with Gasteiger partial charge >= 0.3 is 0 Å². The number of nitrogens with two attached hydrogens (primary N) is 1. The van der Waals surface area contributed by atoms with Crippen LogP contribution in [0.15, 0.2) is 89.2 Å². The average molecular weight is 505 g/mol. The Hall–Kier alpha value is -3.81. The molecule has 1 amide bonds. The number of thiophene rings is 1. The van der Waals surface area contributed by atoms with E-state index in [0.29, 0.717) is 25.4 Å². The normalized spacial score (nSPS) is 11.4. The van der Waals surface area contributed by atoms with E-state index in [9.17, 15) is 4.79 Å². The van der Waals surface area contributed by atoms with Gasteiger partial charge in [-0.1, -0.05) is 42.5 Å². The molecular weight excluding hydrogens is 480 g/mol. The fraction of sp³-hybridized carbons (Fsp3) is 0.111. The number of carbonyl (C=O) groups excluding carboxylic acids is 1. The van der Waals surface area contributed by atoms with E-state index in [1.54, 1.807) is 11.3 Å². The molecule has 0 unspecified atom stereocenters. The summed E-state index contributed by atoms with van der Waals surface area (Å²) in [4.78, 5) is 21.2. The Morgan fingerprint density at radius 1 is 0.971 bits per heavy atom. The van der Waals surface area contributed by atoms with Crippen molar-refractivity contribution < 1.29 is 9.53 Å². The molecule has 8 heteroatoms. The lowest BCUT2D eigenvalue weighted by Gasteiger charge is -2.09. The molecule has 5 aromatic rings. The maximum absolute atomic E-state index is 12.4. The van der Waals surface area contributed by atoms with Gasteiger partial charge in [-0.3, -0.25) is 4.79 Å². The Morgan fingerprint density at radius 3 is 2.57 bits per heavy atom. The van der Waals surface area contributed by atoms with Crippen molar-refractivity contribution in [2.24, 2.45) is 10.7 Å². The second-order valence-electron chi connectivity index (χ2n) is 7.87. The van der Waals surface area contributed by atoms with Gasteiger partial charge in [-0.25, -0.2) is 4.99 Å². The maximum Gasteiger partial charge on any atom is 0.224 e. The van der Waals surface area contributed by atoms with Crippen LogP contribution in [0, 0.1) is 0 Å². The van der Waals surface area contributed by atoms with Gasteiger partial charge in [0.05, 0.1) is 29.0 Å². The molecule has 0 spiro atoms. The molecule has 0 saturated heterocycles. The highest BCUT2D eigenvalue weighted by molar-refractivity contribution is 7.12. The molecule has 178 valence electrons. The number of aliphatic imine (C=N–C) groups is 1. The Kier molecular flexibility index (Phi) is 7.70. The quantitative estimate of drug-likeness (QED) is 0.146. The fourth-order valence-electron chi connectivity index (χ4n) is 3.89. The molecule has 2 aromatic heterocycles. The second-order valence-corrected chi connectivity index (χ2v) is 8.81.